The van der Waals surface area contributed by atoms with Crippen molar-refractivity contribution in [3.05, 3.63) is 97.1 Å². The summed E-state index contributed by atoms with van der Waals surface area (Å²) in [5.74, 6) is -3.45. The van der Waals surface area contributed by atoms with Gasteiger partial charge in [0.2, 0.25) is 17.7 Å². The van der Waals surface area contributed by atoms with Gasteiger partial charge in [0.15, 0.2) is 0 Å². The van der Waals surface area contributed by atoms with Crippen LogP contribution in [-0.4, -0.2) is 72.1 Å². The van der Waals surface area contributed by atoms with Crippen molar-refractivity contribution in [3.63, 3.8) is 0 Å². The Morgan fingerprint density at radius 2 is 1.34 bits per heavy atom. The Hall–Kier alpha value is -4.24. The first-order valence-corrected chi connectivity index (χ1v) is 15.3. The van der Waals surface area contributed by atoms with E-state index in [1.54, 1.807) is 11.0 Å². The van der Waals surface area contributed by atoms with Crippen molar-refractivity contribution in [2.24, 2.45) is 11.8 Å². The number of nitrogens with zero attached hydrogens (tertiary/aromatic N) is 1. The summed E-state index contributed by atoms with van der Waals surface area (Å²) in [6, 6.07) is 17.7. The lowest BCUT2D eigenvalue weighted by Crippen LogP contribution is -2.50. The van der Waals surface area contributed by atoms with Crippen LogP contribution < -0.4 is 10.6 Å². The Morgan fingerprint density at radius 3 is 1.86 bits per heavy atom. The van der Waals surface area contributed by atoms with Crippen LogP contribution in [0.25, 0.3) is 0 Å². The minimum absolute atomic E-state index is 0.0388. The van der Waals surface area contributed by atoms with Crippen molar-refractivity contribution in [1.82, 2.24) is 15.5 Å². The molecule has 236 valence electrons. The third kappa shape index (κ3) is 11.1. The average molecular weight is 604 g/mol. The summed E-state index contributed by atoms with van der Waals surface area (Å²) in [5, 5.41) is 15.6. The summed E-state index contributed by atoms with van der Waals surface area (Å²) >= 11 is 0. The first-order valence-electron chi connectivity index (χ1n) is 15.3. The second-order valence-electron chi connectivity index (χ2n) is 11.2. The van der Waals surface area contributed by atoms with Crippen molar-refractivity contribution in [1.29, 1.82) is 0 Å². The van der Waals surface area contributed by atoms with Crippen molar-refractivity contribution in [2.45, 2.75) is 57.0 Å². The molecule has 1 unspecified atom stereocenters. The van der Waals surface area contributed by atoms with Crippen molar-refractivity contribution in [2.75, 3.05) is 26.3 Å². The molecule has 3 rings (SSSR count). The summed E-state index contributed by atoms with van der Waals surface area (Å²) in [4.78, 5) is 54.4. The number of benzene rings is 2. The van der Waals surface area contributed by atoms with Crippen LogP contribution in [0.3, 0.4) is 0 Å². The number of carbonyl (C=O) groups excluding carboxylic acids is 4. The maximum atomic E-state index is 13.5. The van der Waals surface area contributed by atoms with Gasteiger partial charge in [-0.15, -0.1) is 13.2 Å². The minimum atomic E-state index is -1.10. The number of likely N-dealkylation sites (tertiary alicyclic amines) is 1. The summed E-state index contributed by atoms with van der Waals surface area (Å²) < 4.78 is 5.68. The molecule has 4 atom stereocenters. The van der Waals surface area contributed by atoms with Crippen LogP contribution in [0.4, 0.5) is 0 Å². The van der Waals surface area contributed by atoms with E-state index in [-0.39, 0.29) is 32.0 Å². The number of carbonyl (C=O) groups is 4. The molecule has 0 bridgehead atoms. The number of esters is 1. The highest BCUT2D eigenvalue weighted by Crippen LogP contribution is 2.18. The van der Waals surface area contributed by atoms with E-state index in [0.717, 1.165) is 24.0 Å². The summed E-state index contributed by atoms with van der Waals surface area (Å²) in [6.07, 6.45) is 6.20. The average Bonchev–Trinajstić information content (AvgIpc) is 3.58. The van der Waals surface area contributed by atoms with Crippen LogP contribution in [-0.2, 0) is 36.8 Å². The summed E-state index contributed by atoms with van der Waals surface area (Å²) in [7, 11) is 0. The number of hydrogen-bond acceptors (Lipinski definition) is 6. The van der Waals surface area contributed by atoms with Crippen LogP contribution in [0, 0.1) is 11.8 Å². The predicted octanol–water partition coefficient (Wildman–Crippen LogP) is 3.37. The number of hydrogen-bond donors (Lipinski definition) is 3. The van der Waals surface area contributed by atoms with Crippen LogP contribution in [0.5, 0.6) is 0 Å². The minimum Gasteiger partial charge on any atom is -0.463 e. The van der Waals surface area contributed by atoms with Crippen LogP contribution in [0.2, 0.25) is 0 Å². The van der Waals surface area contributed by atoms with E-state index in [1.807, 2.05) is 60.7 Å². The van der Waals surface area contributed by atoms with E-state index < -0.39 is 41.7 Å². The van der Waals surface area contributed by atoms with E-state index in [1.165, 1.54) is 6.08 Å². The molecule has 2 aromatic carbocycles. The van der Waals surface area contributed by atoms with Crippen LogP contribution >= 0.6 is 0 Å². The number of rotatable bonds is 18. The van der Waals surface area contributed by atoms with Crippen molar-refractivity contribution < 1.29 is 29.0 Å². The fourth-order valence-electron chi connectivity index (χ4n) is 5.28. The van der Waals surface area contributed by atoms with E-state index in [9.17, 15) is 24.3 Å². The smallest absolute Gasteiger partial charge is 0.309 e. The lowest BCUT2D eigenvalue weighted by molar-refractivity contribution is -0.152. The molecular formula is C35H45N3O6. The molecule has 0 aromatic heterocycles. The van der Waals surface area contributed by atoms with Gasteiger partial charge >= 0.3 is 5.97 Å². The fourth-order valence-corrected chi connectivity index (χ4v) is 5.28. The molecule has 0 saturated carbocycles. The number of amides is 3. The molecule has 44 heavy (non-hydrogen) atoms. The molecule has 3 N–H and O–H groups in total. The number of nitrogens with one attached hydrogen (secondary N) is 2. The van der Waals surface area contributed by atoms with Gasteiger partial charge in [-0.1, -0.05) is 72.8 Å². The first-order chi connectivity index (χ1) is 21.3. The molecule has 0 aliphatic carbocycles. The highest BCUT2D eigenvalue weighted by molar-refractivity contribution is 6.00. The third-order valence-corrected chi connectivity index (χ3v) is 7.69. The normalized spacial score (nSPS) is 15.3. The number of aliphatic hydroxyl groups excluding tert-OH is 1. The SMILES string of the molecule is C=CCC(C(=O)N[C@H](COC(=O)[C@H](CC=C)CC(=O)N1CCCC1)Cc1ccccc1)C(=O)N[C@@H](CO)Cc1ccccc1. The van der Waals surface area contributed by atoms with Gasteiger partial charge in [-0.3, -0.25) is 19.2 Å². The Kier molecular flexibility index (Phi) is 14.3. The number of ether oxygens (including phenoxy) is 1. The maximum Gasteiger partial charge on any atom is 0.309 e. The van der Waals surface area contributed by atoms with Crippen molar-refractivity contribution in [3.8, 4) is 0 Å². The topological polar surface area (TPSA) is 125 Å². The lowest BCUT2D eigenvalue weighted by Gasteiger charge is -2.25. The second-order valence-corrected chi connectivity index (χ2v) is 11.2. The van der Waals surface area contributed by atoms with Gasteiger partial charge in [0.1, 0.15) is 12.5 Å². The summed E-state index contributed by atoms with van der Waals surface area (Å²) in [5.41, 5.74) is 1.85. The lowest BCUT2D eigenvalue weighted by atomic mass is 9.99. The Morgan fingerprint density at radius 1 is 0.818 bits per heavy atom. The van der Waals surface area contributed by atoms with Gasteiger partial charge in [-0.2, -0.15) is 0 Å². The number of allylic oxidation sites excluding steroid dienone is 2. The molecular weight excluding hydrogens is 558 g/mol. The van der Waals surface area contributed by atoms with Gasteiger partial charge < -0.3 is 25.4 Å². The largest absolute Gasteiger partial charge is 0.463 e. The van der Waals surface area contributed by atoms with E-state index in [4.69, 9.17) is 4.74 Å². The standard InChI is InChI=1S/C35H45N3O6/c1-3-13-28(23-32(40)38-19-11-12-20-38)35(43)44-25-30(22-27-17-9-6-10-18-27)37-34(42)31(14-4-2)33(41)36-29(24-39)21-26-15-7-5-8-16-26/h3-10,15-18,28-31,39H,1-2,11-14,19-25H2,(H,36,41)(H,37,42)/t28-,29-,30+,31?/m1/s1. The molecule has 1 aliphatic rings. The molecule has 0 spiro atoms. The molecule has 1 aliphatic heterocycles. The van der Waals surface area contributed by atoms with Gasteiger partial charge in [0.05, 0.1) is 24.6 Å². The monoisotopic (exact) mass is 603 g/mol. The zero-order chi connectivity index (χ0) is 31.7. The van der Waals surface area contributed by atoms with Gasteiger partial charge in [-0.05, 0) is 49.7 Å². The highest BCUT2D eigenvalue weighted by Gasteiger charge is 2.31. The highest BCUT2D eigenvalue weighted by atomic mass is 16.5. The molecule has 1 saturated heterocycles. The van der Waals surface area contributed by atoms with Gasteiger partial charge in [0.25, 0.3) is 0 Å². The Labute approximate surface area is 260 Å². The Balaban J connectivity index is 1.67. The summed E-state index contributed by atoms with van der Waals surface area (Å²) in [6.45, 7) is 8.41. The van der Waals surface area contributed by atoms with Gasteiger partial charge in [0, 0.05) is 19.5 Å². The molecule has 1 fully saturated rings. The second kappa shape index (κ2) is 18.4. The van der Waals surface area contributed by atoms with Crippen LogP contribution in [0.15, 0.2) is 86.0 Å². The van der Waals surface area contributed by atoms with E-state index in [2.05, 4.69) is 23.8 Å². The molecule has 9 heteroatoms. The zero-order valence-electron chi connectivity index (χ0n) is 25.4. The molecule has 9 nitrogen and oxygen atoms in total. The fraction of sp³-hybridized carbons (Fsp3) is 0.429. The molecule has 2 aromatic rings. The zero-order valence-corrected chi connectivity index (χ0v) is 25.4. The quantitative estimate of drug-likeness (QED) is 0.136. The van der Waals surface area contributed by atoms with Crippen molar-refractivity contribution >= 4 is 23.7 Å². The van der Waals surface area contributed by atoms with E-state index >= 15 is 0 Å². The first kappa shape index (κ1) is 34.3. The molecule has 0 radical (unpaired) electrons. The molecule has 3 amide bonds. The van der Waals surface area contributed by atoms with Gasteiger partial charge in [-0.25, -0.2) is 0 Å². The number of aliphatic hydroxyl groups is 1. The third-order valence-electron chi connectivity index (χ3n) is 7.69. The Bertz CT molecular complexity index is 1230. The maximum absolute atomic E-state index is 13.5. The van der Waals surface area contributed by atoms with Crippen LogP contribution in [0.1, 0.15) is 43.2 Å². The predicted molar refractivity (Wildman–Crippen MR) is 169 cm³/mol. The van der Waals surface area contributed by atoms with E-state index in [0.29, 0.717) is 32.4 Å². The molecule has 1 heterocycles.